The molecule has 0 aliphatic heterocycles. The Morgan fingerprint density at radius 1 is 0.529 bits per heavy atom. The summed E-state index contributed by atoms with van der Waals surface area (Å²) in [6.45, 7) is 35.5. The summed E-state index contributed by atoms with van der Waals surface area (Å²) in [7, 11) is 0. The molecule has 0 rings (SSSR count). The highest BCUT2D eigenvalue weighted by Crippen LogP contribution is 2.44. The number of ether oxygens (including phenoxy) is 2. The Morgan fingerprint density at radius 2 is 0.912 bits per heavy atom. The van der Waals surface area contributed by atoms with Crippen molar-refractivity contribution in [1.82, 2.24) is 9.80 Å². The quantitative estimate of drug-likeness (QED) is 0.182. The van der Waals surface area contributed by atoms with Crippen molar-refractivity contribution in [2.24, 2.45) is 0 Å². The smallest absolute Gasteiger partial charge is 0.247 e. The van der Waals surface area contributed by atoms with E-state index in [1.807, 2.05) is 0 Å². The maximum Gasteiger partial charge on any atom is 0.247 e. The second-order valence-electron chi connectivity index (χ2n) is 14.0. The van der Waals surface area contributed by atoms with E-state index in [4.69, 9.17) is 9.47 Å². The second-order valence-corrected chi connectivity index (χ2v) is 14.0. The molecule has 4 nitrogen and oxygen atoms in total. The minimum Gasteiger partial charge on any atom is -0.336 e. The van der Waals surface area contributed by atoms with Gasteiger partial charge in [-0.15, -0.1) is 0 Å². The normalized spacial score (nSPS) is 15.4. The zero-order chi connectivity index (χ0) is 27.0. The summed E-state index contributed by atoms with van der Waals surface area (Å²) in [5.41, 5.74) is -0.398. The summed E-state index contributed by atoms with van der Waals surface area (Å²) in [5.74, 6) is -0.857. The maximum absolute atomic E-state index is 6.88. The maximum atomic E-state index is 6.88. The SMILES string of the molecule is CCCCCCCCC(N(C(C)(C)C)C(C)(C)C)C(OCC)(OCC)N(C(C)(C)C)C(C)(C)C. The van der Waals surface area contributed by atoms with Crippen LogP contribution in [0.2, 0.25) is 0 Å². The van der Waals surface area contributed by atoms with Crippen molar-refractivity contribution in [2.45, 2.75) is 183 Å². The van der Waals surface area contributed by atoms with Crippen LogP contribution in [-0.2, 0) is 9.47 Å². The van der Waals surface area contributed by atoms with Gasteiger partial charge in [0.15, 0.2) is 0 Å². The first kappa shape index (κ1) is 33.8. The van der Waals surface area contributed by atoms with Gasteiger partial charge < -0.3 is 9.47 Å². The van der Waals surface area contributed by atoms with E-state index in [2.05, 4.69) is 114 Å². The van der Waals surface area contributed by atoms with Crippen molar-refractivity contribution in [3.05, 3.63) is 0 Å². The predicted molar refractivity (Wildman–Crippen MR) is 150 cm³/mol. The lowest BCUT2D eigenvalue weighted by molar-refractivity contribution is -0.383. The van der Waals surface area contributed by atoms with Gasteiger partial charge in [0, 0.05) is 35.4 Å². The summed E-state index contributed by atoms with van der Waals surface area (Å²) < 4.78 is 13.8. The van der Waals surface area contributed by atoms with E-state index in [9.17, 15) is 0 Å². The van der Waals surface area contributed by atoms with E-state index in [1.54, 1.807) is 0 Å². The highest BCUT2D eigenvalue weighted by molar-refractivity contribution is 5.03. The molecule has 0 spiro atoms. The first-order chi connectivity index (χ1) is 15.3. The van der Waals surface area contributed by atoms with Crippen LogP contribution in [0.25, 0.3) is 0 Å². The van der Waals surface area contributed by atoms with Crippen LogP contribution >= 0.6 is 0 Å². The molecule has 0 amide bonds. The van der Waals surface area contributed by atoms with Crippen molar-refractivity contribution in [3.8, 4) is 0 Å². The van der Waals surface area contributed by atoms with Crippen molar-refractivity contribution in [1.29, 1.82) is 0 Å². The number of rotatable bonds is 14. The number of hydrogen-bond acceptors (Lipinski definition) is 4. The van der Waals surface area contributed by atoms with Crippen LogP contribution in [-0.4, -0.2) is 57.1 Å². The molecule has 206 valence electrons. The molecule has 1 unspecified atom stereocenters. The standard InChI is InChI=1S/C30H64N2O2/c1-16-19-20-21-22-23-24-25(31(26(4,5)6)27(7,8)9)30(33-17-2,34-18-3)32(28(10,11)12)29(13,14)15/h25H,16-24H2,1-15H3. The average molecular weight is 485 g/mol. The molecular formula is C30H64N2O2. The van der Waals surface area contributed by atoms with E-state index >= 15 is 0 Å². The van der Waals surface area contributed by atoms with Crippen molar-refractivity contribution >= 4 is 0 Å². The molecule has 0 aliphatic carbocycles. The lowest BCUT2D eigenvalue weighted by Gasteiger charge is -2.62. The van der Waals surface area contributed by atoms with Gasteiger partial charge in [-0.1, -0.05) is 45.4 Å². The fraction of sp³-hybridized carbons (Fsp3) is 1.00. The molecular weight excluding hydrogens is 420 g/mol. The van der Waals surface area contributed by atoms with E-state index < -0.39 is 5.91 Å². The summed E-state index contributed by atoms with van der Waals surface area (Å²) >= 11 is 0. The van der Waals surface area contributed by atoms with Crippen LogP contribution < -0.4 is 0 Å². The van der Waals surface area contributed by atoms with Gasteiger partial charge in [-0.25, -0.2) is 4.90 Å². The van der Waals surface area contributed by atoms with Crippen LogP contribution in [0.3, 0.4) is 0 Å². The minimum atomic E-state index is -0.857. The summed E-state index contributed by atoms with van der Waals surface area (Å²) in [5, 5.41) is 0. The first-order valence-electron chi connectivity index (χ1n) is 14.2. The van der Waals surface area contributed by atoms with Gasteiger partial charge in [-0.2, -0.15) is 0 Å². The Labute approximate surface area is 215 Å². The van der Waals surface area contributed by atoms with Gasteiger partial charge >= 0.3 is 0 Å². The minimum absolute atomic E-state index is 0.0496. The Bertz CT molecular complexity index is 512. The Hall–Kier alpha value is -0.160. The molecule has 0 N–H and O–H groups in total. The van der Waals surface area contributed by atoms with Crippen molar-refractivity contribution in [2.75, 3.05) is 13.2 Å². The second kappa shape index (κ2) is 13.4. The molecule has 0 radical (unpaired) electrons. The number of nitrogens with zero attached hydrogens (tertiary/aromatic N) is 2. The number of hydrogen-bond donors (Lipinski definition) is 0. The third-order valence-electron chi connectivity index (χ3n) is 6.36. The zero-order valence-corrected chi connectivity index (χ0v) is 26.2. The van der Waals surface area contributed by atoms with Crippen LogP contribution in [0.4, 0.5) is 0 Å². The molecule has 0 aromatic rings. The zero-order valence-electron chi connectivity index (χ0n) is 26.2. The lowest BCUT2D eigenvalue weighted by atomic mass is 9.85. The summed E-state index contributed by atoms with van der Waals surface area (Å²) in [4.78, 5) is 5.20. The highest BCUT2D eigenvalue weighted by Gasteiger charge is 2.58. The molecule has 0 bridgehead atoms. The van der Waals surface area contributed by atoms with Gasteiger partial charge in [0.25, 0.3) is 0 Å². The van der Waals surface area contributed by atoms with Crippen molar-refractivity contribution < 1.29 is 9.47 Å². The Balaban J connectivity index is 6.91. The molecule has 0 fully saturated rings. The van der Waals surface area contributed by atoms with Gasteiger partial charge in [-0.3, -0.25) is 4.90 Å². The lowest BCUT2D eigenvalue weighted by Crippen LogP contribution is -2.76. The largest absolute Gasteiger partial charge is 0.336 e. The topological polar surface area (TPSA) is 24.9 Å². The van der Waals surface area contributed by atoms with Crippen molar-refractivity contribution in [3.63, 3.8) is 0 Å². The molecule has 1 atom stereocenters. The average Bonchev–Trinajstić information content (AvgIpc) is 2.59. The predicted octanol–water partition coefficient (Wildman–Crippen LogP) is 8.63. The van der Waals surface area contributed by atoms with Crippen LogP contribution in [0.15, 0.2) is 0 Å². The molecule has 0 aromatic carbocycles. The van der Waals surface area contributed by atoms with E-state index in [0.717, 1.165) is 6.42 Å². The molecule has 0 aromatic heterocycles. The van der Waals surface area contributed by atoms with E-state index in [-0.39, 0.29) is 28.2 Å². The van der Waals surface area contributed by atoms with Gasteiger partial charge in [0.2, 0.25) is 5.91 Å². The molecule has 0 aliphatic rings. The van der Waals surface area contributed by atoms with E-state index in [1.165, 1.54) is 38.5 Å². The van der Waals surface area contributed by atoms with Crippen LogP contribution in [0.1, 0.15) is 149 Å². The molecule has 0 saturated heterocycles. The summed E-state index contributed by atoms with van der Waals surface area (Å²) in [6, 6.07) is 0.0806. The third kappa shape index (κ3) is 9.71. The first-order valence-corrected chi connectivity index (χ1v) is 14.2. The fourth-order valence-electron chi connectivity index (χ4n) is 6.40. The highest BCUT2D eigenvalue weighted by atomic mass is 16.7. The molecule has 4 heteroatoms. The Morgan fingerprint density at radius 3 is 1.24 bits per heavy atom. The number of unbranched alkanes of at least 4 members (excludes halogenated alkanes) is 5. The molecule has 34 heavy (non-hydrogen) atoms. The molecule has 0 heterocycles. The monoisotopic (exact) mass is 484 g/mol. The van der Waals surface area contributed by atoms with Gasteiger partial charge in [-0.05, 0) is 103 Å². The summed E-state index contributed by atoms with van der Waals surface area (Å²) in [6.07, 6.45) is 8.76. The molecule has 0 saturated carbocycles. The van der Waals surface area contributed by atoms with Crippen LogP contribution in [0.5, 0.6) is 0 Å². The van der Waals surface area contributed by atoms with Gasteiger partial charge in [0.05, 0.1) is 6.04 Å². The Kier molecular flexibility index (Phi) is 13.3. The van der Waals surface area contributed by atoms with Gasteiger partial charge in [0.1, 0.15) is 0 Å². The fourth-order valence-corrected chi connectivity index (χ4v) is 6.40. The van der Waals surface area contributed by atoms with E-state index in [0.29, 0.717) is 13.2 Å². The third-order valence-corrected chi connectivity index (χ3v) is 6.36. The van der Waals surface area contributed by atoms with Crippen LogP contribution in [0, 0.1) is 0 Å².